The molecule has 0 aliphatic carbocycles. The standard InChI is InChI=1S/C14H19N5S/c15-17-14(13-8-4-5-9-20-13)12-10-16-18-19(12)11-6-2-1-3-7-11/h1-3,6-7,10,13-14,17H,4-5,8-9,15H2. The van der Waals surface area contributed by atoms with Gasteiger partial charge in [0.25, 0.3) is 0 Å². The Bertz CT molecular complexity index is 536. The highest BCUT2D eigenvalue weighted by atomic mass is 32.2. The normalized spacial score (nSPS) is 20.8. The topological polar surface area (TPSA) is 68.8 Å². The summed E-state index contributed by atoms with van der Waals surface area (Å²) in [5, 5.41) is 8.76. The first-order chi connectivity index (χ1) is 9.90. The van der Waals surface area contributed by atoms with Crippen molar-refractivity contribution in [2.75, 3.05) is 5.75 Å². The van der Waals surface area contributed by atoms with Crippen LogP contribution in [0.2, 0.25) is 0 Å². The van der Waals surface area contributed by atoms with Crippen molar-refractivity contribution in [3.8, 4) is 5.69 Å². The Morgan fingerprint density at radius 1 is 1.30 bits per heavy atom. The predicted octanol–water partition coefficient (Wildman–Crippen LogP) is 2.06. The lowest BCUT2D eigenvalue weighted by molar-refractivity contribution is 0.472. The van der Waals surface area contributed by atoms with E-state index in [1.165, 1.54) is 25.0 Å². The monoisotopic (exact) mass is 289 g/mol. The number of para-hydroxylation sites is 1. The van der Waals surface area contributed by atoms with Crippen molar-refractivity contribution in [3.05, 3.63) is 42.2 Å². The van der Waals surface area contributed by atoms with Gasteiger partial charge < -0.3 is 0 Å². The summed E-state index contributed by atoms with van der Waals surface area (Å²) in [5.41, 5.74) is 5.00. The third-order valence-corrected chi connectivity index (χ3v) is 5.12. The Labute approximate surface area is 122 Å². The number of thioether (sulfide) groups is 1. The summed E-state index contributed by atoms with van der Waals surface area (Å²) in [6.45, 7) is 0. The highest BCUT2D eigenvalue weighted by Crippen LogP contribution is 2.34. The van der Waals surface area contributed by atoms with Crippen LogP contribution >= 0.6 is 11.8 Å². The first-order valence-corrected chi connectivity index (χ1v) is 7.99. The average molecular weight is 289 g/mol. The van der Waals surface area contributed by atoms with E-state index >= 15 is 0 Å². The molecule has 1 fully saturated rings. The minimum Gasteiger partial charge on any atom is -0.271 e. The molecule has 3 N–H and O–H groups in total. The van der Waals surface area contributed by atoms with Gasteiger partial charge in [0.1, 0.15) is 0 Å². The van der Waals surface area contributed by atoms with Crippen LogP contribution in [-0.4, -0.2) is 26.0 Å². The van der Waals surface area contributed by atoms with E-state index in [4.69, 9.17) is 5.84 Å². The number of hydrogen-bond donors (Lipinski definition) is 2. The molecule has 6 heteroatoms. The number of nitrogens with two attached hydrogens (primary N) is 1. The molecule has 2 atom stereocenters. The lowest BCUT2D eigenvalue weighted by Crippen LogP contribution is -2.37. The van der Waals surface area contributed by atoms with Gasteiger partial charge >= 0.3 is 0 Å². The van der Waals surface area contributed by atoms with Gasteiger partial charge in [-0.1, -0.05) is 29.8 Å². The van der Waals surface area contributed by atoms with Gasteiger partial charge in [-0.05, 0) is 30.7 Å². The molecule has 2 aromatic rings. The summed E-state index contributed by atoms with van der Waals surface area (Å²) in [6, 6.07) is 10.1. The van der Waals surface area contributed by atoms with E-state index in [2.05, 4.69) is 15.7 Å². The SMILES string of the molecule is NNC(c1cnnn1-c1ccccc1)C1CCCCS1. The molecule has 20 heavy (non-hydrogen) atoms. The van der Waals surface area contributed by atoms with Crippen molar-refractivity contribution < 1.29 is 0 Å². The second-order valence-corrected chi connectivity index (χ2v) is 6.30. The minimum atomic E-state index is 0.0792. The molecule has 1 aliphatic heterocycles. The molecule has 0 bridgehead atoms. The van der Waals surface area contributed by atoms with Crippen molar-refractivity contribution in [1.29, 1.82) is 0 Å². The van der Waals surface area contributed by atoms with E-state index in [9.17, 15) is 0 Å². The molecule has 1 aliphatic rings. The third kappa shape index (κ3) is 2.72. The van der Waals surface area contributed by atoms with Gasteiger partial charge in [0.2, 0.25) is 0 Å². The van der Waals surface area contributed by atoms with Crippen molar-refractivity contribution in [2.24, 2.45) is 5.84 Å². The summed E-state index contributed by atoms with van der Waals surface area (Å²) < 4.78 is 1.87. The van der Waals surface area contributed by atoms with E-state index in [1.54, 1.807) is 0 Å². The maximum absolute atomic E-state index is 5.81. The Morgan fingerprint density at radius 3 is 2.85 bits per heavy atom. The summed E-state index contributed by atoms with van der Waals surface area (Å²) >= 11 is 1.99. The van der Waals surface area contributed by atoms with E-state index in [-0.39, 0.29) is 6.04 Å². The predicted molar refractivity (Wildman–Crippen MR) is 81.5 cm³/mol. The van der Waals surface area contributed by atoms with Gasteiger partial charge in [0.05, 0.1) is 23.6 Å². The molecule has 2 heterocycles. The Hall–Kier alpha value is -1.37. The number of rotatable bonds is 4. The third-order valence-electron chi connectivity index (χ3n) is 3.66. The molecule has 1 aromatic heterocycles. The lowest BCUT2D eigenvalue weighted by Gasteiger charge is -2.29. The number of nitrogens with one attached hydrogen (secondary N) is 1. The van der Waals surface area contributed by atoms with E-state index in [0.717, 1.165) is 11.4 Å². The average Bonchev–Trinajstić information content (AvgIpc) is 2.99. The lowest BCUT2D eigenvalue weighted by atomic mass is 10.0. The number of hydrogen-bond acceptors (Lipinski definition) is 5. The van der Waals surface area contributed by atoms with E-state index in [0.29, 0.717) is 5.25 Å². The first-order valence-electron chi connectivity index (χ1n) is 6.94. The minimum absolute atomic E-state index is 0.0792. The number of aromatic nitrogens is 3. The molecule has 5 nitrogen and oxygen atoms in total. The molecule has 3 rings (SSSR count). The van der Waals surface area contributed by atoms with Crippen LogP contribution in [0.15, 0.2) is 36.5 Å². The molecule has 1 aromatic carbocycles. The van der Waals surface area contributed by atoms with Gasteiger partial charge in [-0.3, -0.25) is 11.3 Å². The van der Waals surface area contributed by atoms with E-state index < -0.39 is 0 Å². The van der Waals surface area contributed by atoms with Gasteiger partial charge in [0, 0.05) is 5.25 Å². The molecular formula is C14H19N5S. The van der Waals surface area contributed by atoms with E-state index in [1.807, 2.05) is 53.0 Å². The van der Waals surface area contributed by atoms with Gasteiger partial charge in [-0.2, -0.15) is 11.8 Å². The fourth-order valence-electron chi connectivity index (χ4n) is 2.64. The Kier molecular flexibility index (Phi) is 4.34. The van der Waals surface area contributed by atoms with Crippen LogP contribution in [0, 0.1) is 0 Å². The largest absolute Gasteiger partial charge is 0.271 e. The fourth-order valence-corrected chi connectivity index (χ4v) is 4.05. The van der Waals surface area contributed by atoms with Crippen molar-refractivity contribution in [1.82, 2.24) is 20.4 Å². The van der Waals surface area contributed by atoms with Crippen LogP contribution in [0.25, 0.3) is 5.69 Å². The molecule has 0 radical (unpaired) electrons. The summed E-state index contributed by atoms with van der Waals surface area (Å²) in [7, 11) is 0. The molecular weight excluding hydrogens is 270 g/mol. The Morgan fingerprint density at radius 2 is 2.15 bits per heavy atom. The van der Waals surface area contributed by atoms with Gasteiger partial charge in [0.15, 0.2) is 0 Å². The molecule has 0 saturated carbocycles. The molecule has 1 saturated heterocycles. The number of hydrazine groups is 1. The first kappa shape index (κ1) is 13.6. The van der Waals surface area contributed by atoms with Crippen molar-refractivity contribution in [2.45, 2.75) is 30.6 Å². The second kappa shape index (κ2) is 6.39. The van der Waals surface area contributed by atoms with Crippen LogP contribution in [0.4, 0.5) is 0 Å². The van der Waals surface area contributed by atoms with Crippen LogP contribution in [-0.2, 0) is 0 Å². The fraction of sp³-hybridized carbons (Fsp3) is 0.429. The number of nitrogens with zero attached hydrogens (tertiary/aromatic N) is 3. The zero-order valence-corrected chi connectivity index (χ0v) is 12.1. The van der Waals surface area contributed by atoms with Crippen molar-refractivity contribution >= 4 is 11.8 Å². The van der Waals surface area contributed by atoms with Crippen molar-refractivity contribution in [3.63, 3.8) is 0 Å². The molecule has 106 valence electrons. The maximum atomic E-state index is 5.81. The Balaban J connectivity index is 1.91. The molecule has 2 unspecified atom stereocenters. The quantitative estimate of drug-likeness (QED) is 0.666. The molecule has 0 spiro atoms. The van der Waals surface area contributed by atoms with Crippen LogP contribution in [0.3, 0.4) is 0 Å². The maximum Gasteiger partial charge on any atom is 0.0840 e. The van der Waals surface area contributed by atoms with Crippen LogP contribution in [0.1, 0.15) is 31.0 Å². The smallest absolute Gasteiger partial charge is 0.0840 e. The zero-order chi connectivity index (χ0) is 13.8. The van der Waals surface area contributed by atoms with Crippen LogP contribution in [0.5, 0.6) is 0 Å². The zero-order valence-electron chi connectivity index (χ0n) is 11.3. The summed E-state index contributed by atoms with van der Waals surface area (Å²) in [6.07, 6.45) is 5.56. The summed E-state index contributed by atoms with van der Waals surface area (Å²) in [5.74, 6) is 7.01. The molecule has 0 amide bonds. The highest BCUT2D eigenvalue weighted by Gasteiger charge is 2.28. The van der Waals surface area contributed by atoms with Crippen LogP contribution < -0.4 is 11.3 Å². The van der Waals surface area contributed by atoms with Gasteiger partial charge in [-0.25, -0.2) is 4.68 Å². The number of benzene rings is 1. The highest BCUT2D eigenvalue weighted by molar-refractivity contribution is 8.00. The van der Waals surface area contributed by atoms with Gasteiger partial charge in [-0.15, -0.1) is 5.10 Å². The summed E-state index contributed by atoms with van der Waals surface area (Å²) in [4.78, 5) is 0. The second-order valence-electron chi connectivity index (χ2n) is 4.96.